The summed E-state index contributed by atoms with van der Waals surface area (Å²) in [6, 6.07) is 17.5. The van der Waals surface area contributed by atoms with Crippen molar-refractivity contribution in [3.05, 3.63) is 78.2 Å². The molecule has 135 valence electrons. The number of phosphoric ester groups is 1. The number of hydrogen-bond donors (Lipinski definition) is 0. The third kappa shape index (κ3) is 7.84. The van der Waals surface area contributed by atoms with E-state index in [1.807, 2.05) is 0 Å². The molecule has 2 aromatic rings. The minimum atomic E-state index is -4.54. The molecule has 0 fully saturated rings. The first-order chi connectivity index (χ1) is 11.9. The number of hydrogen-bond acceptors (Lipinski definition) is 4. The van der Waals surface area contributed by atoms with Gasteiger partial charge >= 0.3 is 14.0 Å². The molecule has 0 spiro atoms. The smallest absolute Gasteiger partial charge is 0.286 e. The predicted octanol–water partition coefficient (Wildman–Crippen LogP) is 5.31. The van der Waals surface area contributed by atoms with Crippen molar-refractivity contribution in [1.29, 1.82) is 0 Å². The Kier molecular flexibility index (Phi) is 7.20. The van der Waals surface area contributed by atoms with Gasteiger partial charge in [0.25, 0.3) is 0 Å². The standard InChI is InChI=1S/C17H17F3O4P/c18-17(19,20)11-12-22-25(21,23-13-15-7-3-1-4-8-15)24-14-16-9-5-2-6-10-16/h1-11H,12-14H2. The van der Waals surface area contributed by atoms with Crippen LogP contribution in [0.1, 0.15) is 11.1 Å². The maximum absolute atomic E-state index is 12.6. The highest BCUT2D eigenvalue weighted by atomic mass is 31.2. The summed E-state index contributed by atoms with van der Waals surface area (Å²) in [7, 11) is -4.17. The van der Waals surface area contributed by atoms with Crippen molar-refractivity contribution in [3.8, 4) is 0 Å². The number of phosphoric acid groups is 1. The Morgan fingerprint density at radius 3 is 1.64 bits per heavy atom. The summed E-state index contributed by atoms with van der Waals surface area (Å²) >= 11 is 0. The number of halogens is 3. The van der Waals surface area contributed by atoms with E-state index < -0.39 is 20.6 Å². The maximum Gasteiger partial charge on any atom is 0.475 e. The van der Waals surface area contributed by atoms with Gasteiger partial charge in [0, 0.05) is 0 Å². The van der Waals surface area contributed by atoms with Gasteiger partial charge in [-0.05, 0) is 11.1 Å². The van der Waals surface area contributed by atoms with E-state index in [4.69, 9.17) is 13.6 Å². The molecule has 0 N–H and O–H groups in total. The van der Waals surface area contributed by atoms with Crippen LogP contribution in [-0.2, 0) is 31.4 Å². The Morgan fingerprint density at radius 1 is 0.800 bits per heavy atom. The molecule has 0 unspecified atom stereocenters. The van der Waals surface area contributed by atoms with E-state index >= 15 is 0 Å². The molecule has 1 radical (unpaired) electrons. The van der Waals surface area contributed by atoms with Crippen LogP contribution in [0.2, 0.25) is 0 Å². The van der Waals surface area contributed by atoms with Crippen LogP contribution in [0.25, 0.3) is 0 Å². The molecule has 4 nitrogen and oxygen atoms in total. The Balaban J connectivity index is 1.97. The molecule has 2 aromatic carbocycles. The molecular formula is C17H17F3O4P. The Bertz CT molecular complexity index is 630. The van der Waals surface area contributed by atoms with Crippen molar-refractivity contribution in [2.45, 2.75) is 19.4 Å². The zero-order valence-corrected chi connectivity index (χ0v) is 14.1. The molecule has 0 heterocycles. The van der Waals surface area contributed by atoms with Gasteiger partial charge in [0.1, 0.15) is 0 Å². The molecule has 25 heavy (non-hydrogen) atoms. The van der Waals surface area contributed by atoms with Crippen molar-refractivity contribution in [1.82, 2.24) is 0 Å². The second-order valence-electron chi connectivity index (χ2n) is 5.01. The van der Waals surface area contributed by atoms with E-state index in [1.165, 1.54) is 0 Å². The number of alkyl halides is 3. The van der Waals surface area contributed by atoms with Crippen LogP contribution in [0.5, 0.6) is 0 Å². The molecule has 0 amide bonds. The highest BCUT2D eigenvalue weighted by molar-refractivity contribution is 7.48. The summed E-state index contributed by atoms with van der Waals surface area (Å²) in [6.45, 7) is -1.15. The molecule has 0 saturated carbocycles. The second-order valence-corrected chi connectivity index (χ2v) is 6.68. The van der Waals surface area contributed by atoms with Crippen LogP contribution in [0, 0.1) is 6.42 Å². The van der Waals surface area contributed by atoms with E-state index in [1.54, 1.807) is 60.7 Å². The first-order valence-corrected chi connectivity index (χ1v) is 8.85. The van der Waals surface area contributed by atoms with Gasteiger partial charge in [0.2, 0.25) is 0 Å². The summed E-state index contributed by atoms with van der Waals surface area (Å²) in [6.07, 6.45) is -4.60. The lowest BCUT2D eigenvalue weighted by Gasteiger charge is -2.18. The average molecular weight is 373 g/mol. The summed E-state index contributed by atoms with van der Waals surface area (Å²) in [5.41, 5.74) is 1.38. The third-order valence-corrected chi connectivity index (χ3v) is 4.37. The van der Waals surface area contributed by atoms with Gasteiger partial charge in [-0.3, -0.25) is 13.6 Å². The van der Waals surface area contributed by atoms with Gasteiger partial charge < -0.3 is 0 Å². The number of rotatable bonds is 9. The zero-order chi connectivity index (χ0) is 18.2. The van der Waals surface area contributed by atoms with Gasteiger partial charge in [-0.15, -0.1) is 0 Å². The monoisotopic (exact) mass is 373 g/mol. The molecule has 0 aliphatic carbocycles. The second kappa shape index (κ2) is 9.15. The Hall–Kier alpha value is -1.66. The van der Waals surface area contributed by atoms with E-state index in [0.717, 1.165) is 0 Å². The third-order valence-electron chi connectivity index (χ3n) is 3.01. The molecule has 0 aromatic heterocycles. The predicted molar refractivity (Wildman–Crippen MR) is 86.4 cm³/mol. The molecule has 0 aliphatic rings. The molecule has 8 heteroatoms. The van der Waals surface area contributed by atoms with Crippen LogP contribution in [0.4, 0.5) is 13.2 Å². The minimum Gasteiger partial charge on any atom is -0.286 e. The highest BCUT2D eigenvalue weighted by Crippen LogP contribution is 2.51. The summed E-state index contributed by atoms with van der Waals surface area (Å²) in [5.74, 6) is 0. The van der Waals surface area contributed by atoms with Crippen LogP contribution in [0.3, 0.4) is 0 Å². The fourth-order valence-electron chi connectivity index (χ4n) is 1.79. The minimum absolute atomic E-state index is 0.0581. The van der Waals surface area contributed by atoms with Crippen molar-refractivity contribution in [2.24, 2.45) is 0 Å². The Morgan fingerprint density at radius 2 is 1.24 bits per heavy atom. The average Bonchev–Trinajstić information content (AvgIpc) is 2.59. The SMILES string of the molecule is O=P(OC[CH]C(F)(F)F)(OCc1ccccc1)OCc1ccccc1. The Labute approximate surface area is 144 Å². The molecule has 0 saturated heterocycles. The summed E-state index contributed by atoms with van der Waals surface area (Å²) in [5, 5.41) is 0. The summed E-state index contributed by atoms with van der Waals surface area (Å²) in [4.78, 5) is 0. The quantitative estimate of drug-likeness (QED) is 0.559. The van der Waals surface area contributed by atoms with E-state index in [0.29, 0.717) is 11.1 Å². The van der Waals surface area contributed by atoms with E-state index in [-0.39, 0.29) is 19.6 Å². The maximum atomic E-state index is 12.6. The van der Waals surface area contributed by atoms with E-state index in [2.05, 4.69) is 0 Å². The van der Waals surface area contributed by atoms with Crippen molar-refractivity contribution < 1.29 is 31.3 Å². The van der Waals surface area contributed by atoms with Gasteiger partial charge in [-0.1, -0.05) is 60.7 Å². The largest absolute Gasteiger partial charge is 0.475 e. The van der Waals surface area contributed by atoms with Crippen LogP contribution in [0.15, 0.2) is 60.7 Å². The van der Waals surface area contributed by atoms with Crippen LogP contribution >= 0.6 is 7.82 Å². The van der Waals surface area contributed by atoms with Crippen molar-refractivity contribution in [3.63, 3.8) is 0 Å². The van der Waals surface area contributed by atoms with Gasteiger partial charge in [0.05, 0.1) is 26.2 Å². The van der Waals surface area contributed by atoms with Gasteiger partial charge in [-0.2, -0.15) is 13.2 Å². The lowest BCUT2D eigenvalue weighted by atomic mass is 10.2. The van der Waals surface area contributed by atoms with E-state index in [9.17, 15) is 17.7 Å². The molecule has 0 aliphatic heterocycles. The fraction of sp³-hybridized carbons (Fsp3) is 0.235. The normalized spacial score (nSPS) is 12.3. The highest BCUT2D eigenvalue weighted by Gasteiger charge is 2.32. The lowest BCUT2D eigenvalue weighted by Crippen LogP contribution is -2.13. The topological polar surface area (TPSA) is 44.8 Å². The van der Waals surface area contributed by atoms with Gasteiger partial charge in [0.15, 0.2) is 0 Å². The summed E-state index contributed by atoms with van der Waals surface area (Å²) < 4.78 is 64.4. The molecule has 2 rings (SSSR count). The first-order valence-electron chi connectivity index (χ1n) is 7.39. The zero-order valence-electron chi connectivity index (χ0n) is 13.2. The number of benzene rings is 2. The van der Waals surface area contributed by atoms with Gasteiger partial charge in [-0.25, -0.2) is 4.57 Å². The van der Waals surface area contributed by atoms with Crippen LogP contribution < -0.4 is 0 Å². The lowest BCUT2D eigenvalue weighted by molar-refractivity contribution is -0.102. The fourth-order valence-corrected chi connectivity index (χ4v) is 2.89. The molecular weight excluding hydrogens is 356 g/mol. The molecule has 0 atom stereocenters. The first kappa shape index (κ1) is 19.7. The van der Waals surface area contributed by atoms with Crippen LogP contribution in [-0.4, -0.2) is 12.8 Å². The molecule has 0 bridgehead atoms. The van der Waals surface area contributed by atoms with Crippen molar-refractivity contribution >= 4 is 7.82 Å². The van der Waals surface area contributed by atoms with Crippen molar-refractivity contribution in [2.75, 3.05) is 6.61 Å².